The molecule has 0 saturated heterocycles. The van der Waals surface area contributed by atoms with Crippen LogP contribution in [0.4, 0.5) is 8.78 Å². The first kappa shape index (κ1) is 13.4. The van der Waals surface area contributed by atoms with E-state index in [2.05, 4.69) is 4.74 Å². The van der Waals surface area contributed by atoms with Crippen LogP contribution in [0.2, 0.25) is 0 Å². The van der Waals surface area contributed by atoms with Gasteiger partial charge >= 0.3 is 12.6 Å². The van der Waals surface area contributed by atoms with Gasteiger partial charge in [-0.3, -0.25) is 4.79 Å². The summed E-state index contributed by atoms with van der Waals surface area (Å²) in [6.45, 7) is 0.714. The molecule has 0 fully saturated rings. The van der Waals surface area contributed by atoms with E-state index in [1.54, 1.807) is 13.8 Å². The lowest BCUT2D eigenvalue weighted by atomic mass is 9.88. The highest BCUT2D eigenvalue weighted by atomic mass is 19.3. The zero-order valence-electron chi connectivity index (χ0n) is 9.56. The average molecular weight is 244 g/mol. The van der Waals surface area contributed by atoms with E-state index in [0.717, 1.165) is 0 Å². The number of benzene rings is 1. The van der Waals surface area contributed by atoms with Crippen LogP contribution in [-0.2, 0) is 4.79 Å². The van der Waals surface area contributed by atoms with Gasteiger partial charge in [0.1, 0.15) is 5.75 Å². The maximum absolute atomic E-state index is 11.9. The summed E-state index contributed by atoms with van der Waals surface area (Å²) in [5, 5.41) is 9.06. The molecule has 0 heterocycles. The van der Waals surface area contributed by atoms with Crippen LogP contribution in [-0.4, -0.2) is 17.7 Å². The van der Waals surface area contributed by atoms with Crippen molar-refractivity contribution in [3.8, 4) is 5.75 Å². The number of ether oxygens (including phenoxy) is 1. The van der Waals surface area contributed by atoms with Gasteiger partial charge in [-0.1, -0.05) is 26.0 Å². The molecule has 1 atom stereocenters. The Bertz CT molecular complexity index is 374. The normalized spacial score (nSPS) is 12.8. The Morgan fingerprint density at radius 1 is 1.24 bits per heavy atom. The van der Waals surface area contributed by atoms with Gasteiger partial charge < -0.3 is 9.84 Å². The summed E-state index contributed by atoms with van der Waals surface area (Å²) >= 11 is 0. The number of hydrogen-bond acceptors (Lipinski definition) is 2. The van der Waals surface area contributed by atoms with Gasteiger partial charge in [-0.25, -0.2) is 0 Å². The number of carboxylic acids is 1. The van der Waals surface area contributed by atoms with Crippen LogP contribution in [0.1, 0.15) is 25.3 Å². The van der Waals surface area contributed by atoms with Crippen LogP contribution in [0.25, 0.3) is 0 Å². The molecule has 94 valence electrons. The number of hydrogen-bond donors (Lipinski definition) is 1. The van der Waals surface area contributed by atoms with Gasteiger partial charge in [0.05, 0.1) is 5.92 Å². The Balaban J connectivity index is 2.88. The molecular formula is C12H14F2O3. The van der Waals surface area contributed by atoms with Crippen LogP contribution >= 0.6 is 0 Å². The summed E-state index contributed by atoms with van der Waals surface area (Å²) in [7, 11) is 0. The van der Waals surface area contributed by atoms with Crippen LogP contribution in [0.15, 0.2) is 24.3 Å². The van der Waals surface area contributed by atoms with Crippen molar-refractivity contribution >= 4 is 5.97 Å². The maximum atomic E-state index is 11.9. The van der Waals surface area contributed by atoms with Crippen molar-refractivity contribution < 1.29 is 23.4 Å². The standard InChI is InChI=1S/C12H14F2O3/c1-7(2)10(11(15)16)8-3-5-9(6-4-8)17-12(13)14/h3-7,10,12H,1-2H3,(H,15,16)/t10-/m0/s1. The first-order chi connectivity index (χ1) is 7.91. The molecule has 3 nitrogen and oxygen atoms in total. The molecule has 0 radical (unpaired) electrons. The van der Waals surface area contributed by atoms with Crippen molar-refractivity contribution in [1.82, 2.24) is 0 Å². The molecule has 5 heteroatoms. The highest BCUT2D eigenvalue weighted by Crippen LogP contribution is 2.26. The Hall–Kier alpha value is -1.65. The molecule has 0 aliphatic carbocycles. The molecule has 0 bridgehead atoms. The predicted octanol–water partition coefficient (Wildman–Crippen LogP) is 3.11. The Morgan fingerprint density at radius 3 is 2.12 bits per heavy atom. The smallest absolute Gasteiger partial charge is 0.387 e. The second kappa shape index (κ2) is 5.61. The van der Waals surface area contributed by atoms with Gasteiger partial charge in [0, 0.05) is 0 Å². The van der Waals surface area contributed by atoms with Crippen molar-refractivity contribution in [2.45, 2.75) is 26.4 Å². The van der Waals surface area contributed by atoms with Crippen LogP contribution in [0.5, 0.6) is 5.75 Å². The number of alkyl halides is 2. The lowest BCUT2D eigenvalue weighted by Gasteiger charge is -2.16. The van der Waals surface area contributed by atoms with Gasteiger partial charge in [0.25, 0.3) is 0 Å². The molecule has 1 rings (SSSR count). The van der Waals surface area contributed by atoms with Gasteiger partial charge in [0.2, 0.25) is 0 Å². The molecule has 0 aliphatic heterocycles. The van der Waals surface area contributed by atoms with Crippen LogP contribution in [0, 0.1) is 5.92 Å². The molecular weight excluding hydrogens is 230 g/mol. The minimum Gasteiger partial charge on any atom is -0.481 e. The predicted molar refractivity (Wildman–Crippen MR) is 58.3 cm³/mol. The highest BCUT2D eigenvalue weighted by molar-refractivity contribution is 5.76. The van der Waals surface area contributed by atoms with E-state index in [0.29, 0.717) is 5.56 Å². The Morgan fingerprint density at radius 2 is 1.76 bits per heavy atom. The lowest BCUT2D eigenvalue weighted by Crippen LogP contribution is -2.17. The Kier molecular flexibility index (Phi) is 4.43. The van der Waals surface area contributed by atoms with E-state index in [1.165, 1.54) is 24.3 Å². The largest absolute Gasteiger partial charge is 0.481 e. The molecule has 0 unspecified atom stereocenters. The second-order valence-electron chi connectivity index (χ2n) is 4.01. The third-order valence-electron chi connectivity index (χ3n) is 2.40. The molecule has 1 aromatic rings. The van der Waals surface area contributed by atoms with E-state index >= 15 is 0 Å². The summed E-state index contributed by atoms with van der Waals surface area (Å²) < 4.78 is 28.0. The van der Waals surface area contributed by atoms with Crippen molar-refractivity contribution in [2.24, 2.45) is 5.92 Å². The van der Waals surface area contributed by atoms with Crippen LogP contribution in [0.3, 0.4) is 0 Å². The topological polar surface area (TPSA) is 46.5 Å². The maximum Gasteiger partial charge on any atom is 0.387 e. The monoisotopic (exact) mass is 244 g/mol. The summed E-state index contributed by atoms with van der Waals surface area (Å²) in [5.74, 6) is -1.62. The fourth-order valence-electron chi connectivity index (χ4n) is 1.67. The van der Waals surface area contributed by atoms with E-state index in [4.69, 9.17) is 5.11 Å². The third-order valence-corrected chi connectivity index (χ3v) is 2.40. The van der Waals surface area contributed by atoms with Gasteiger partial charge in [-0.05, 0) is 23.6 Å². The first-order valence-electron chi connectivity index (χ1n) is 5.19. The SMILES string of the molecule is CC(C)[C@H](C(=O)O)c1ccc(OC(F)F)cc1. The fourth-order valence-corrected chi connectivity index (χ4v) is 1.67. The van der Waals surface area contributed by atoms with Crippen molar-refractivity contribution in [1.29, 1.82) is 0 Å². The molecule has 0 spiro atoms. The minimum absolute atomic E-state index is 0.0247. The molecule has 0 saturated carbocycles. The third kappa shape index (κ3) is 3.69. The summed E-state index contributed by atoms with van der Waals surface area (Å²) in [5.41, 5.74) is 0.578. The minimum atomic E-state index is -2.87. The Labute approximate surface area is 98.0 Å². The highest BCUT2D eigenvalue weighted by Gasteiger charge is 2.23. The van der Waals surface area contributed by atoms with Gasteiger partial charge in [0.15, 0.2) is 0 Å². The van der Waals surface area contributed by atoms with E-state index in [9.17, 15) is 13.6 Å². The molecule has 0 aromatic heterocycles. The van der Waals surface area contributed by atoms with Gasteiger partial charge in [-0.2, -0.15) is 8.78 Å². The summed E-state index contributed by atoms with van der Waals surface area (Å²) in [6, 6.07) is 5.69. The van der Waals surface area contributed by atoms with E-state index in [1.807, 2.05) is 0 Å². The first-order valence-corrected chi connectivity index (χ1v) is 5.19. The van der Waals surface area contributed by atoms with E-state index < -0.39 is 18.5 Å². The average Bonchev–Trinajstić information content (AvgIpc) is 2.18. The molecule has 1 aromatic carbocycles. The summed E-state index contributed by atoms with van der Waals surface area (Å²) in [4.78, 5) is 11.1. The molecule has 0 aliphatic rings. The van der Waals surface area contributed by atoms with Crippen molar-refractivity contribution in [3.63, 3.8) is 0 Å². The second-order valence-corrected chi connectivity index (χ2v) is 4.01. The molecule has 1 N–H and O–H groups in total. The quantitative estimate of drug-likeness (QED) is 0.865. The molecule has 0 amide bonds. The fraction of sp³-hybridized carbons (Fsp3) is 0.417. The van der Waals surface area contributed by atoms with Crippen molar-refractivity contribution in [2.75, 3.05) is 0 Å². The van der Waals surface area contributed by atoms with E-state index in [-0.39, 0.29) is 11.7 Å². The number of halogens is 2. The zero-order valence-corrected chi connectivity index (χ0v) is 9.56. The number of carboxylic acid groups (broad SMARTS) is 1. The van der Waals surface area contributed by atoms with Crippen LogP contribution < -0.4 is 4.74 Å². The lowest BCUT2D eigenvalue weighted by molar-refractivity contribution is -0.139. The number of rotatable bonds is 5. The zero-order chi connectivity index (χ0) is 13.0. The molecule has 17 heavy (non-hydrogen) atoms. The summed E-state index contributed by atoms with van der Waals surface area (Å²) in [6.07, 6.45) is 0. The van der Waals surface area contributed by atoms with Crippen molar-refractivity contribution in [3.05, 3.63) is 29.8 Å². The number of carbonyl (C=O) groups is 1. The number of aliphatic carboxylic acids is 1. The van der Waals surface area contributed by atoms with Gasteiger partial charge in [-0.15, -0.1) is 0 Å².